The number of dihydropyridines is 1. The lowest BCUT2D eigenvalue weighted by Crippen LogP contribution is -2.33. The third-order valence-electron chi connectivity index (χ3n) is 4.57. The Morgan fingerprint density at radius 1 is 1.00 bits per heavy atom. The van der Waals surface area contributed by atoms with Gasteiger partial charge in [0, 0.05) is 18.5 Å². The average Bonchev–Trinajstić information content (AvgIpc) is 2.67. The summed E-state index contributed by atoms with van der Waals surface area (Å²) in [5, 5.41) is 2.89. The Bertz CT molecular complexity index is 874. The Morgan fingerprint density at radius 2 is 1.57 bits per heavy atom. The van der Waals surface area contributed by atoms with Gasteiger partial charge in [-0.3, -0.25) is 0 Å². The molecule has 2 rings (SSSR count). The molecule has 1 atom stereocenters. The molecule has 0 radical (unpaired) electrons. The maximum Gasteiger partial charge on any atom is 0.416 e. The van der Waals surface area contributed by atoms with Gasteiger partial charge in [0.1, 0.15) is 6.61 Å². The molecule has 9 heteroatoms. The van der Waals surface area contributed by atoms with Crippen LogP contribution in [0.25, 0.3) is 0 Å². The van der Waals surface area contributed by atoms with Gasteiger partial charge in [0.25, 0.3) is 0 Å². The highest BCUT2D eigenvalue weighted by atomic mass is 19.4. The summed E-state index contributed by atoms with van der Waals surface area (Å²) in [5.74, 6) is -2.95. The first kappa shape index (κ1) is 23.5. The predicted octanol–water partition coefficient (Wildman–Crippen LogP) is 3.69. The smallest absolute Gasteiger partial charge is 0.416 e. The fraction of sp³-hybridized carbons (Fsp3) is 0.429. The Hall–Kier alpha value is -2.81. The third kappa shape index (κ3) is 5.02. The van der Waals surface area contributed by atoms with Crippen molar-refractivity contribution >= 4 is 11.9 Å². The van der Waals surface area contributed by atoms with Gasteiger partial charge in [-0.15, -0.1) is 0 Å². The standard InChI is InChI=1S/C21H24F3NO5/c1-5-29-19(26)16-12(2)25-13(3)17(20(27)30-11-10-28-4)18(16)14-8-6-7-9-15(14)21(22,23)24/h6-9,18,25H,5,10-11H2,1-4H3. The Kier molecular flexibility index (Phi) is 7.66. The molecule has 0 spiro atoms. The summed E-state index contributed by atoms with van der Waals surface area (Å²) < 4.78 is 56.4. The first-order valence-corrected chi connectivity index (χ1v) is 9.31. The first-order valence-electron chi connectivity index (χ1n) is 9.31. The zero-order chi connectivity index (χ0) is 22.5. The number of ether oxygens (including phenoxy) is 3. The number of hydrogen-bond donors (Lipinski definition) is 1. The lowest BCUT2D eigenvalue weighted by Gasteiger charge is -2.31. The molecule has 1 aliphatic heterocycles. The highest BCUT2D eigenvalue weighted by Crippen LogP contribution is 2.44. The van der Waals surface area contributed by atoms with Gasteiger partial charge in [-0.05, 0) is 32.4 Å². The number of esters is 2. The zero-order valence-electron chi connectivity index (χ0n) is 17.2. The van der Waals surface area contributed by atoms with Gasteiger partial charge >= 0.3 is 18.1 Å². The number of alkyl halides is 3. The monoisotopic (exact) mass is 427 g/mol. The molecule has 164 valence electrons. The quantitative estimate of drug-likeness (QED) is 0.529. The number of benzene rings is 1. The molecule has 1 unspecified atom stereocenters. The third-order valence-corrected chi connectivity index (χ3v) is 4.57. The second kappa shape index (κ2) is 9.80. The molecule has 30 heavy (non-hydrogen) atoms. The topological polar surface area (TPSA) is 73.9 Å². The van der Waals surface area contributed by atoms with Gasteiger partial charge in [-0.1, -0.05) is 18.2 Å². The van der Waals surface area contributed by atoms with Crippen LogP contribution in [-0.2, 0) is 30.0 Å². The lowest BCUT2D eigenvalue weighted by molar-refractivity contribution is -0.142. The lowest BCUT2D eigenvalue weighted by atomic mass is 9.78. The summed E-state index contributed by atoms with van der Waals surface area (Å²) in [6.07, 6.45) is -4.69. The summed E-state index contributed by atoms with van der Waals surface area (Å²) in [4.78, 5) is 25.5. The van der Waals surface area contributed by atoms with Crippen molar-refractivity contribution in [3.63, 3.8) is 0 Å². The maximum atomic E-state index is 13.8. The van der Waals surface area contributed by atoms with E-state index in [1.54, 1.807) is 20.8 Å². The van der Waals surface area contributed by atoms with Crippen molar-refractivity contribution in [2.24, 2.45) is 0 Å². The number of carbonyl (C=O) groups is 2. The van der Waals surface area contributed by atoms with Crippen LogP contribution in [0.3, 0.4) is 0 Å². The van der Waals surface area contributed by atoms with Crippen molar-refractivity contribution in [3.05, 3.63) is 57.9 Å². The van der Waals surface area contributed by atoms with Crippen molar-refractivity contribution in [1.29, 1.82) is 0 Å². The minimum atomic E-state index is -4.69. The molecule has 0 amide bonds. The van der Waals surface area contributed by atoms with Crippen LogP contribution >= 0.6 is 0 Å². The SMILES string of the molecule is CCOC(=O)C1=C(C)NC(C)=C(C(=O)OCCOC)C1c1ccccc1C(F)(F)F. The molecule has 1 aromatic rings. The molecule has 0 saturated heterocycles. The molecule has 6 nitrogen and oxygen atoms in total. The zero-order valence-corrected chi connectivity index (χ0v) is 17.2. The van der Waals surface area contributed by atoms with Crippen molar-refractivity contribution in [2.75, 3.05) is 26.9 Å². The van der Waals surface area contributed by atoms with Crippen LogP contribution in [0.1, 0.15) is 37.8 Å². The predicted molar refractivity (Wildman–Crippen MR) is 102 cm³/mol. The van der Waals surface area contributed by atoms with Crippen molar-refractivity contribution in [1.82, 2.24) is 5.32 Å². The van der Waals surface area contributed by atoms with E-state index in [4.69, 9.17) is 14.2 Å². The number of methoxy groups -OCH3 is 1. The van der Waals surface area contributed by atoms with Gasteiger partial charge in [0.05, 0.1) is 35.8 Å². The van der Waals surface area contributed by atoms with Crippen LogP contribution in [0, 0.1) is 0 Å². The first-order chi connectivity index (χ1) is 14.1. The van der Waals surface area contributed by atoms with E-state index in [2.05, 4.69) is 5.32 Å². The molecule has 0 fully saturated rings. The average molecular weight is 427 g/mol. The molecule has 0 aromatic heterocycles. The van der Waals surface area contributed by atoms with Crippen LogP contribution < -0.4 is 5.32 Å². The fourth-order valence-electron chi connectivity index (χ4n) is 3.36. The van der Waals surface area contributed by atoms with E-state index in [0.29, 0.717) is 11.4 Å². The summed E-state index contributed by atoms with van der Waals surface area (Å²) in [7, 11) is 1.42. The number of nitrogens with one attached hydrogen (secondary N) is 1. The van der Waals surface area contributed by atoms with Crippen molar-refractivity contribution < 1.29 is 37.0 Å². The number of allylic oxidation sites excluding steroid dienone is 2. The molecule has 1 aromatic carbocycles. The van der Waals surface area contributed by atoms with E-state index in [0.717, 1.165) is 6.07 Å². The summed E-state index contributed by atoms with van der Waals surface area (Å²) in [6, 6.07) is 4.84. The highest BCUT2D eigenvalue weighted by Gasteiger charge is 2.43. The van der Waals surface area contributed by atoms with E-state index in [1.165, 1.54) is 25.3 Å². The van der Waals surface area contributed by atoms with Crippen LogP contribution in [0.15, 0.2) is 46.8 Å². The Labute approximate surface area is 172 Å². The van der Waals surface area contributed by atoms with E-state index in [9.17, 15) is 22.8 Å². The molecule has 1 N–H and O–H groups in total. The van der Waals surface area contributed by atoms with Gasteiger partial charge < -0.3 is 19.5 Å². The summed E-state index contributed by atoms with van der Waals surface area (Å²) in [6.45, 7) is 4.74. The van der Waals surface area contributed by atoms with E-state index >= 15 is 0 Å². The molecule has 1 aliphatic rings. The van der Waals surface area contributed by atoms with Crippen LogP contribution in [0.5, 0.6) is 0 Å². The van der Waals surface area contributed by atoms with Crippen molar-refractivity contribution in [2.45, 2.75) is 32.9 Å². The summed E-state index contributed by atoms with van der Waals surface area (Å²) >= 11 is 0. The largest absolute Gasteiger partial charge is 0.463 e. The van der Waals surface area contributed by atoms with Crippen LogP contribution in [0.4, 0.5) is 13.2 Å². The molecular formula is C21H24F3NO5. The van der Waals surface area contributed by atoms with Gasteiger partial charge in [-0.25, -0.2) is 9.59 Å². The van der Waals surface area contributed by atoms with Crippen LogP contribution in [0.2, 0.25) is 0 Å². The highest BCUT2D eigenvalue weighted by molar-refractivity contribution is 6.00. The van der Waals surface area contributed by atoms with E-state index in [1.807, 2.05) is 0 Å². The number of rotatable bonds is 7. The van der Waals surface area contributed by atoms with Gasteiger partial charge in [-0.2, -0.15) is 13.2 Å². The second-order valence-electron chi connectivity index (χ2n) is 6.57. The fourth-order valence-corrected chi connectivity index (χ4v) is 3.36. The normalized spacial score (nSPS) is 17.0. The Balaban J connectivity index is 2.69. The molecule has 0 aliphatic carbocycles. The maximum absolute atomic E-state index is 13.8. The molecule has 0 bridgehead atoms. The van der Waals surface area contributed by atoms with Crippen molar-refractivity contribution in [3.8, 4) is 0 Å². The summed E-state index contributed by atoms with van der Waals surface area (Å²) in [5.41, 5.74) is -0.728. The molecule has 1 heterocycles. The number of carbonyl (C=O) groups excluding carboxylic acids is 2. The van der Waals surface area contributed by atoms with E-state index < -0.39 is 29.6 Å². The number of hydrogen-bond acceptors (Lipinski definition) is 6. The minimum absolute atomic E-state index is 0.0273. The minimum Gasteiger partial charge on any atom is -0.463 e. The second-order valence-corrected chi connectivity index (χ2v) is 6.57. The van der Waals surface area contributed by atoms with E-state index in [-0.39, 0.29) is 36.5 Å². The molecular weight excluding hydrogens is 403 g/mol. The molecule has 0 saturated carbocycles. The van der Waals surface area contributed by atoms with Crippen LogP contribution in [-0.4, -0.2) is 38.9 Å². The number of halogens is 3. The van der Waals surface area contributed by atoms with Gasteiger partial charge in [0.2, 0.25) is 0 Å². The van der Waals surface area contributed by atoms with Gasteiger partial charge in [0.15, 0.2) is 0 Å². The Morgan fingerprint density at radius 3 is 2.10 bits per heavy atom.